The lowest BCUT2D eigenvalue weighted by Gasteiger charge is -2.19. The van der Waals surface area contributed by atoms with Crippen molar-refractivity contribution in [2.24, 2.45) is 11.7 Å². The third-order valence-corrected chi connectivity index (χ3v) is 1.59. The van der Waals surface area contributed by atoms with E-state index >= 15 is 0 Å². The van der Waals surface area contributed by atoms with Gasteiger partial charge in [0.25, 0.3) is 0 Å². The number of nitrogens with two attached hydrogens (primary N) is 1. The van der Waals surface area contributed by atoms with Crippen molar-refractivity contribution in [3.63, 3.8) is 0 Å². The molecule has 0 amide bonds. The molecule has 0 spiro atoms. The van der Waals surface area contributed by atoms with Crippen LogP contribution in [-0.2, 0) is 0 Å². The van der Waals surface area contributed by atoms with Crippen LogP contribution in [0.15, 0.2) is 0 Å². The summed E-state index contributed by atoms with van der Waals surface area (Å²) in [4.78, 5) is 0. The van der Waals surface area contributed by atoms with Crippen molar-refractivity contribution in [2.45, 2.75) is 5.54 Å². The van der Waals surface area contributed by atoms with Crippen LogP contribution >= 0.6 is 0 Å². The van der Waals surface area contributed by atoms with E-state index in [1.54, 1.807) is 24.3 Å². The Morgan fingerprint density at radius 3 is 1.93 bits per heavy atom. The molecule has 14 heavy (non-hydrogen) atoms. The van der Waals surface area contributed by atoms with Crippen molar-refractivity contribution in [3.05, 3.63) is 0 Å². The first-order chi connectivity index (χ1) is 6.70. The predicted molar refractivity (Wildman–Crippen MR) is 45.7 cm³/mol. The standard InChI is InChI=1S/C8H8N6/c9-1-2-14-8(5-12,6-13)7(3-10)4-11/h7,14H,1-2,9H2. The molecule has 0 aromatic carbocycles. The fourth-order valence-electron chi connectivity index (χ4n) is 0.827. The van der Waals surface area contributed by atoms with Crippen molar-refractivity contribution in [1.29, 1.82) is 21.0 Å². The zero-order valence-corrected chi connectivity index (χ0v) is 7.36. The molecule has 0 aliphatic carbocycles. The first-order valence-electron chi connectivity index (χ1n) is 3.77. The van der Waals surface area contributed by atoms with E-state index in [-0.39, 0.29) is 13.1 Å². The number of hydrogen-bond acceptors (Lipinski definition) is 6. The van der Waals surface area contributed by atoms with E-state index in [4.69, 9.17) is 26.8 Å². The van der Waals surface area contributed by atoms with Crippen LogP contribution in [0.1, 0.15) is 0 Å². The van der Waals surface area contributed by atoms with Crippen molar-refractivity contribution in [3.8, 4) is 24.3 Å². The highest BCUT2D eigenvalue weighted by Gasteiger charge is 2.39. The van der Waals surface area contributed by atoms with Crippen molar-refractivity contribution < 1.29 is 0 Å². The van der Waals surface area contributed by atoms with Gasteiger partial charge >= 0.3 is 0 Å². The molecule has 0 unspecified atom stereocenters. The molecule has 0 heterocycles. The van der Waals surface area contributed by atoms with Crippen LogP contribution in [0.5, 0.6) is 0 Å². The first kappa shape index (κ1) is 11.9. The number of nitrogens with zero attached hydrogens (tertiary/aromatic N) is 4. The lowest BCUT2D eigenvalue weighted by atomic mass is 9.88. The first-order valence-corrected chi connectivity index (χ1v) is 3.77. The van der Waals surface area contributed by atoms with Gasteiger partial charge in [-0.1, -0.05) is 0 Å². The molecule has 3 N–H and O–H groups in total. The highest BCUT2D eigenvalue weighted by atomic mass is 15.0. The fourth-order valence-corrected chi connectivity index (χ4v) is 0.827. The van der Waals surface area contributed by atoms with Gasteiger partial charge < -0.3 is 5.73 Å². The molecule has 70 valence electrons. The normalized spacial score (nSPS) is 9.57. The van der Waals surface area contributed by atoms with Gasteiger partial charge in [0.1, 0.15) is 12.1 Å². The van der Waals surface area contributed by atoms with Gasteiger partial charge in [-0.25, -0.2) is 0 Å². The summed E-state index contributed by atoms with van der Waals surface area (Å²) < 4.78 is 0. The van der Waals surface area contributed by atoms with Crippen molar-refractivity contribution >= 4 is 0 Å². The minimum atomic E-state index is -1.79. The summed E-state index contributed by atoms with van der Waals surface area (Å²) in [5, 5.41) is 37.2. The van der Waals surface area contributed by atoms with Crippen LogP contribution in [0.3, 0.4) is 0 Å². The lowest BCUT2D eigenvalue weighted by molar-refractivity contribution is 0.464. The topological polar surface area (TPSA) is 133 Å². The molecular weight excluding hydrogens is 180 g/mol. The minimum Gasteiger partial charge on any atom is -0.329 e. The van der Waals surface area contributed by atoms with Gasteiger partial charge in [-0.3, -0.25) is 5.32 Å². The molecule has 0 bridgehead atoms. The maximum Gasteiger partial charge on any atom is 0.223 e. The van der Waals surface area contributed by atoms with Crippen LogP contribution < -0.4 is 11.1 Å². The Morgan fingerprint density at radius 1 is 1.14 bits per heavy atom. The van der Waals surface area contributed by atoms with Crippen molar-refractivity contribution in [1.82, 2.24) is 5.32 Å². The molecule has 0 aliphatic heterocycles. The molecule has 0 atom stereocenters. The molecule has 0 aromatic heterocycles. The SMILES string of the molecule is N#CC(C#N)C(C#N)(C#N)NCCN. The summed E-state index contributed by atoms with van der Waals surface area (Å²) in [5.74, 6) is -1.33. The quantitative estimate of drug-likeness (QED) is 0.580. The summed E-state index contributed by atoms with van der Waals surface area (Å²) in [7, 11) is 0. The predicted octanol–water partition coefficient (Wildman–Crippen LogP) is -1.02. The van der Waals surface area contributed by atoms with Crippen LogP contribution in [0.2, 0.25) is 0 Å². The van der Waals surface area contributed by atoms with Gasteiger partial charge in [-0.05, 0) is 0 Å². The Kier molecular flexibility index (Phi) is 4.68. The number of nitrogens with one attached hydrogen (secondary N) is 1. The molecule has 0 fully saturated rings. The molecule has 0 radical (unpaired) electrons. The lowest BCUT2D eigenvalue weighted by Crippen LogP contribution is -2.50. The Hall–Kier alpha value is -2.12. The van der Waals surface area contributed by atoms with Gasteiger partial charge in [0.2, 0.25) is 5.54 Å². The van der Waals surface area contributed by atoms with E-state index in [9.17, 15) is 0 Å². The van der Waals surface area contributed by atoms with Crippen LogP contribution in [-0.4, -0.2) is 18.6 Å². The van der Waals surface area contributed by atoms with Gasteiger partial charge in [0.15, 0.2) is 5.92 Å². The summed E-state index contributed by atoms with van der Waals surface area (Å²) in [6.45, 7) is 0.412. The third kappa shape index (κ3) is 2.19. The molecule has 6 heteroatoms. The molecule has 0 saturated carbocycles. The van der Waals surface area contributed by atoms with Crippen LogP contribution in [0, 0.1) is 51.2 Å². The van der Waals surface area contributed by atoms with E-state index in [2.05, 4.69) is 5.32 Å². The Labute approximate surface area is 81.8 Å². The third-order valence-electron chi connectivity index (χ3n) is 1.59. The molecule has 0 saturated heterocycles. The highest BCUT2D eigenvalue weighted by Crippen LogP contribution is 2.14. The number of rotatable bonds is 4. The Bertz CT molecular complexity index is 318. The largest absolute Gasteiger partial charge is 0.329 e. The fraction of sp³-hybridized carbons (Fsp3) is 0.500. The molecule has 6 nitrogen and oxygen atoms in total. The van der Waals surface area contributed by atoms with E-state index in [1.807, 2.05) is 0 Å². The monoisotopic (exact) mass is 188 g/mol. The second kappa shape index (κ2) is 5.51. The zero-order valence-electron chi connectivity index (χ0n) is 7.36. The van der Waals surface area contributed by atoms with E-state index < -0.39 is 11.5 Å². The van der Waals surface area contributed by atoms with Gasteiger partial charge in [-0.15, -0.1) is 0 Å². The molecular formula is C8H8N6. The second-order valence-electron chi connectivity index (χ2n) is 2.44. The van der Waals surface area contributed by atoms with E-state index in [0.717, 1.165) is 0 Å². The summed E-state index contributed by atoms with van der Waals surface area (Å²) in [5.41, 5.74) is 3.39. The van der Waals surface area contributed by atoms with Crippen LogP contribution in [0.25, 0.3) is 0 Å². The van der Waals surface area contributed by atoms with Gasteiger partial charge in [-0.2, -0.15) is 21.0 Å². The van der Waals surface area contributed by atoms with Crippen LogP contribution in [0.4, 0.5) is 0 Å². The van der Waals surface area contributed by atoms with Gasteiger partial charge in [0, 0.05) is 13.1 Å². The van der Waals surface area contributed by atoms with E-state index in [0.29, 0.717) is 0 Å². The summed E-state index contributed by atoms with van der Waals surface area (Å²) >= 11 is 0. The molecule has 0 rings (SSSR count). The average molecular weight is 188 g/mol. The second-order valence-corrected chi connectivity index (χ2v) is 2.44. The minimum absolute atomic E-state index is 0.195. The average Bonchev–Trinajstić information content (AvgIpc) is 2.24. The van der Waals surface area contributed by atoms with Gasteiger partial charge in [0.05, 0.1) is 12.1 Å². The summed E-state index contributed by atoms with van der Waals surface area (Å²) in [6, 6.07) is 6.45. The smallest absolute Gasteiger partial charge is 0.223 e. The van der Waals surface area contributed by atoms with Crippen molar-refractivity contribution in [2.75, 3.05) is 13.1 Å². The number of hydrogen-bond donors (Lipinski definition) is 2. The molecule has 0 aliphatic rings. The maximum atomic E-state index is 8.76. The summed E-state index contributed by atoms with van der Waals surface area (Å²) in [6.07, 6.45) is 0. The maximum absolute atomic E-state index is 8.76. The highest BCUT2D eigenvalue weighted by molar-refractivity contribution is 5.32. The number of nitriles is 4. The Balaban J connectivity index is 4.95. The Morgan fingerprint density at radius 2 is 1.64 bits per heavy atom. The van der Waals surface area contributed by atoms with E-state index in [1.165, 1.54) is 0 Å². The zero-order chi connectivity index (χ0) is 11.0. The molecule has 0 aromatic rings.